The molecule has 1 fully saturated rings. The summed E-state index contributed by atoms with van der Waals surface area (Å²) >= 11 is 0. The first-order chi connectivity index (χ1) is 8.41. The summed E-state index contributed by atoms with van der Waals surface area (Å²) in [6.07, 6.45) is -0.120. The largest absolute Gasteiger partial charge is 0.480 e. The minimum atomic E-state index is -2.64. The number of amides is 1. The van der Waals surface area contributed by atoms with Gasteiger partial charge in [0.2, 0.25) is 11.8 Å². The third-order valence-corrected chi connectivity index (χ3v) is 2.86. The number of carboxylic acid groups (broad SMARTS) is 1. The number of hydrogen-bond acceptors (Lipinski definition) is 3. The van der Waals surface area contributed by atoms with E-state index in [1.165, 1.54) is 0 Å². The number of carbonyl (C=O) groups excluding carboxylic acids is 1. The van der Waals surface area contributed by atoms with E-state index in [0.717, 1.165) is 0 Å². The summed E-state index contributed by atoms with van der Waals surface area (Å²) in [4.78, 5) is 21.7. The summed E-state index contributed by atoms with van der Waals surface area (Å²) in [5, 5.41) is 10.8. The van der Waals surface area contributed by atoms with E-state index in [1.807, 2.05) is 0 Å². The zero-order valence-electron chi connectivity index (χ0n) is 9.95. The number of aliphatic carboxylic acids is 1. The van der Waals surface area contributed by atoms with Crippen LogP contribution in [0.4, 0.5) is 8.78 Å². The molecule has 1 saturated carbocycles. The highest BCUT2D eigenvalue weighted by atomic mass is 19.3. The van der Waals surface area contributed by atoms with Gasteiger partial charge in [-0.1, -0.05) is 0 Å². The molecule has 104 valence electrons. The number of hydrogen-bond donors (Lipinski definition) is 2. The van der Waals surface area contributed by atoms with Gasteiger partial charge in [0.15, 0.2) is 0 Å². The Morgan fingerprint density at radius 3 is 2.50 bits per heavy atom. The van der Waals surface area contributed by atoms with Crippen LogP contribution >= 0.6 is 0 Å². The summed E-state index contributed by atoms with van der Waals surface area (Å²) in [5.41, 5.74) is 0. The molecule has 18 heavy (non-hydrogen) atoms. The smallest absolute Gasteiger partial charge is 0.329 e. The third-order valence-electron chi connectivity index (χ3n) is 2.86. The second-order valence-electron chi connectivity index (χ2n) is 4.37. The third kappa shape index (κ3) is 5.39. The van der Waals surface area contributed by atoms with Crippen molar-refractivity contribution >= 4 is 11.9 Å². The van der Waals surface area contributed by atoms with Crippen LogP contribution in [0.3, 0.4) is 0 Å². The summed E-state index contributed by atoms with van der Waals surface area (Å²) in [6.45, 7) is -0.120. The van der Waals surface area contributed by atoms with Crippen molar-refractivity contribution in [2.45, 2.75) is 31.6 Å². The van der Waals surface area contributed by atoms with E-state index in [0.29, 0.717) is 0 Å². The number of alkyl halides is 2. The lowest BCUT2D eigenvalue weighted by Gasteiger charge is -2.27. The molecule has 7 heteroatoms. The fourth-order valence-corrected chi connectivity index (χ4v) is 1.85. The minimum Gasteiger partial charge on any atom is -0.480 e. The number of ether oxygens (including phenoxy) is 1. The maximum atomic E-state index is 12.9. The van der Waals surface area contributed by atoms with Crippen molar-refractivity contribution in [3.8, 4) is 0 Å². The summed E-state index contributed by atoms with van der Waals surface area (Å²) in [7, 11) is 0. The molecule has 2 N–H and O–H groups in total. The standard InChI is InChI=1S/C11H17F2NO4/c12-11(13)3-1-8(2-4-11)10(17)14-5-6-18-7-9(15)16/h8H,1-7H2,(H,14,17)(H,15,16). The molecule has 0 aliphatic heterocycles. The van der Waals surface area contributed by atoms with Crippen molar-refractivity contribution in [1.82, 2.24) is 5.32 Å². The van der Waals surface area contributed by atoms with Crippen LogP contribution in [0.25, 0.3) is 0 Å². The zero-order chi connectivity index (χ0) is 13.6. The second-order valence-corrected chi connectivity index (χ2v) is 4.37. The average Bonchev–Trinajstić information content (AvgIpc) is 2.27. The van der Waals surface area contributed by atoms with Gasteiger partial charge >= 0.3 is 5.97 Å². The quantitative estimate of drug-likeness (QED) is 0.703. The average molecular weight is 265 g/mol. The van der Waals surface area contributed by atoms with Gasteiger partial charge in [0.1, 0.15) is 6.61 Å². The number of rotatable bonds is 6. The van der Waals surface area contributed by atoms with Gasteiger partial charge in [0.05, 0.1) is 6.61 Å². The monoisotopic (exact) mass is 265 g/mol. The molecular formula is C11H17F2NO4. The number of carboxylic acids is 1. The van der Waals surface area contributed by atoms with Gasteiger partial charge in [-0.3, -0.25) is 4.79 Å². The fourth-order valence-electron chi connectivity index (χ4n) is 1.85. The van der Waals surface area contributed by atoms with Gasteiger partial charge < -0.3 is 15.2 Å². The first kappa shape index (κ1) is 14.8. The lowest BCUT2D eigenvalue weighted by atomic mass is 9.86. The van der Waals surface area contributed by atoms with E-state index >= 15 is 0 Å². The van der Waals surface area contributed by atoms with Crippen LogP contribution in [0.1, 0.15) is 25.7 Å². The van der Waals surface area contributed by atoms with E-state index in [4.69, 9.17) is 9.84 Å². The Kier molecular flexibility index (Phi) is 5.46. The SMILES string of the molecule is O=C(O)COCCNC(=O)C1CCC(F)(F)CC1. The summed E-state index contributed by atoms with van der Waals surface area (Å²) in [6, 6.07) is 0. The highest BCUT2D eigenvalue weighted by Gasteiger charge is 2.37. The number of carbonyl (C=O) groups is 2. The molecule has 0 spiro atoms. The van der Waals surface area contributed by atoms with Crippen molar-refractivity contribution in [2.24, 2.45) is 5.92 Å². The molecule has 0 radical (unpaired) electrons. The van der Waals surface area contributed by atoms with Crippen molar-refractivity contribution < 1.29 is 28.2 Å². The zero-order valence-corrected chi connectivity index (χ0v) is 9.95. The highest BCUT2D eigenvalue weighted by Crippen LogP contribution is 2.36. The lowest BCUT2D eigenvalue weighted by molar-refractivity contribution is -0.142. The molecule has 0 atom stereocenters. The predicted molar refractivity (Wildman–Crippen MR) is 58.4 cm³/mol. The Morgan fingerprint density at radius 2 is 1.94 bits per heavy atom. The first-order valence-electron chi connectivity index (χ1n) is 5.86. The molecule has 5 nitrogen and oxygen atoms in total. The summed E-state index contributed by atoms with van der Waals surface area (Å²) in [5.74, 6) is -4.34. The molecule has 0 aromatic heterocycles. The van der Waals surface area contributed by atoms with Gasteiger partial charge in [-0.05, 0) is 12.8 Å². The number of nitrogens with one attached hydrogen (secondary N) is 1. The Morgan fingerprint density at radius 1 is 1.33 bits per heavy atom. The first-order valence-corrected chi connectivity index (χ1v) is 5.86. The molecule has 0 saturated heterocycles. The Hall–Kier alpha value is -1.24. The van der Waals surface area contributed by atoms with Crippen LogP contribution in [-0.2, 0) is 14.3 Å². The van der Waals surface area contributed by atoms with Crippen molar-refractivity contribution in [1.29, 1.82) is 0 Å². The fraction of sp³-hybridized carbons (Fsp3) is 0.818. The van der Waals surface area contributed by atoms with Crippen LogP contribution in [-0.4, -0.2) is 42.7 Å². The van der Waals surface area contributed by atoms with Crippen LogP contribution in [0.15, 0.2) is 0 Å². The molecule has 0 aromatic rings. The van der Waals surface area contributed by atoms with E-state index in [2.05, 4.69) is 5.32 Å². The Balaban J connectivity index is 2.12. The van der Waals surface area contributed by atoms with Crippen LogP contribution in [0, 0.1) is 5.92 Å². The van der Waals surface area contributed by atoms with E-state index < -0.39 is 18.5 Å². The maximum Gasteiger partial charge on any atom is 0.329 e. The lowest BCUT2D eigenvalue weighted by Crippen LogP contribution is -2.37. The molecular weight excluding hydrogens is 248 g/mol. The van der Waals surface area contributed by atoms with E-state index in [-0.39, 0.29) is 50.7 Å². The minimum absolute atomic E-state index is 0.0981. The molecule has 1 amide bonds. The molecule has 0 bridgehead atoms. The molecule has 0 heterocycles. The van der Waals surface area contributed by atoms with Gasteiger partial charge in [0, 0.05) is 25.3 Å². The van der Waals surface area contributed by atoms with Crippen molar-refractivity contribution in [3.05, 3.63) is 0 Å². The predicted octanol–water partition coefficient (Wildman–Crippen LogP) is 1.03. The van der Waals surface area contributed by atoms with Gasteiger partial charge in [-0.25, -0.2) is 13.6 Å². The molecule has 0 aromatic carbocycles. The van der Waals surface area contributed by atoms with E-state index in [9.17, 15) is 18.4 Å². The van der Waals surface area contributed by atoms with Crippen molar-refractivity contribution in [3.63, 3.8) is 0 Å². The van der Waals surface area contributed by atoms with Crippen molar-refractivity contribution in [2.75, 3.05) is 19.8 Å². The number of halogens is 2. The normalized spacial score (nSPS) is 19.4. The highest BCUT2D eigenvalue weighted by molar-refractivity contribution is 5.78. The van der Waals surface area contributed by atoms with Crippen LogP contribution in [0.2, 0.25) is 0 Å². The Bertz CT molecular complexity index is 299. The van der Waals surface area contributed by atoms with Crippen LogP contribution in [0.5, 0.6) is 0 Å². The second kappa shape index (κ2) is 6.63. The van der Waals surface area contributed by atoms with Gasteiger partial charge in [-0.15, -0.1) is 0 Å². The van der Waals surface area contributed by atoms with Crippen LogP contribution < -0.4 is 5.32 Å². The molecule has 0 unspecified atom stereocenters. The molecule has 1 rings (SSSR count). The van der Waals surface area contributed by atoms with Gasteiger partial charge in [0.25, 0.3) is 0 Å². The molecule has 1 aliphatic rings. The molecule has 1 aliphatic carbocycles. The van der Waals surface area contributed by atoms with E-state index in [1.54, 1.807) is 0 Å². The topological polar surface area (TPSA) is 75.6 Å². The summed E-state index contributed by atoms with van der Waals surface area (Å²) < 4.78 is 30.5. The Labute approximate surface area is 103 Å². The maximum absolute atomic E-state index is 12.9. The van der Waals surface area contributed by atoms with Gasteiger partial charge in [-0.2, -0.15) is 0 Å².